The standard InChI is InChI=1S/C13H21N3O2/c1-9-3-4-10(16(9)2)8-15-13(17)12-6-5-11(7-14)18-12/h3-4,11-12H,5-8,14H2,1-2H3,(H,15,17). The number of ether oxygens (including phenoxy) is 1. The van der Waals surface area contributed by atoms with Gasteiger partial charge in [-0.15, -0.1) is 0 Å². The molecule has 5 nitrogen and oxygen atoms in total. The molecule has 3 N–H and O–H groups in total. The zero-order valence-corrected chi connectivity index (χ0v) is 11.0. The quantitative estimate of drug-likeness (QED) is 0.816. The summed E-state index contributed by atoms with van der Waals surface area (Å²) in [4.78, 5) is 11.9. The first kappa shape index (κ1) is 13.1. The van der Waals surface area contributed by atoms with E-state index < -0.39 is 0 Å². The van der Waals surface area contributed by atoms with Gasteiger partial charge in [0, 0.05) is 25.0 Å². The first-order valence-electron chi connectivity index (χ1n) is 6.36. The van der Waals surface area contributed by atoms with Crippen molar-refractivity contribution in [3.8, 4) is 0 Å². The molecule has 2 unspecified atom stereocenters. The number of carbonyl (C=O) groups is 1. The van der Waals surface area contributed by atoms with Gasteiger partial charge in [0.25, 0.3) is 0 Å². The summed E-state index contributed by atoms with van der Waals surface area (Å²) < 4.78 is 7.62. The number of nitrogens with two attached hydrogens (primary N) is 1. The minimum Gasteiger partial charge on any atom is -0.364 e. The number of carbonyl (C=O) groups excluding carboxylic acids is 1. The van der Waals surface area contributed by atoms with Gasteiger partial charge in [-0.05, 0) is 31.9 Å². The molecule has 2 atom stereocenters. The molecule has 0 spiro atoms. The van der Waals surface area contributed by atoms with Crippen LogP contribution in [0.5, 0.6) is 0 Å². The van der Waals surface area contributed by atoms with E-state index in [1.54, 1.807) is 0 Å². The highest BCUT2D eigenvalue weighted by Gasteiger charge is 2.29. The molecule has 0 aromatic carbocycles. The summed E-state index contributed by atoms with van der Waals surface area (Å²) in [7, 11) is 1.99. The van der Waals surface area contributed by atoms with Crippen molar-refractivity contribution in [2.24, 2.45) is 12.8 Å². The average Bonchev–Trinajstić information content (AvgIpc) is 2.96. The molecule has 2 rings (SSSR count). The first-order valence-corrected chi connectivity index (χ1v) is 6.36. The van der Waals surface area contributed by atoms with Crippen molar-refractivity contribution in [3.05, 3.63) is 23.5 Å². The fraction of sp³-hybridized carbons (Fsp3) is 0.615. The summed E-state index contributed by atoms with van der Waals surface area (Å²) in [6, 6.07) is 4.06. The van der Waals surface area contributed by atoms with Crippen molar-refractivity contribution in [1.29, 1.82) is 0 Å². The van der Waals surface area contributed by atoms with Crippen molar-refractivity contribution in [2.75, 3.05) is 6.54 Å². The summed E-state index contributed by atoms with van der Waals surface area (Å²) in [5.41, 5.74) is 7.80. The van der Waals surface area contributed by atoms with Gasteiger partial charge in [-0.2, -0.15) is 0 Å². The molecule has 1 fully saturated rings. The van der Waals surface area contributed by atoms with Crippen LogP contribution in [0.25, 0.3) is 0 Å². The molecule has 0 aliphatic carbocycles. The highest BCUT2D eigenvalue weighted by atomic mass is 16.5. The number of aromatic nitrogens is 1. The fourth-order valence-corrected chi connectivity index (χ4v) is 2.21. The highest BCUT2D eigenvalue weighted by molar-refractivity contribution is 5.80. The number of rotatable bonds is 4. The van der Waals surface area contributed by atoms with Gasteiger partial charge in [0.1, 0.15) is 6.10 Å². The molecular weight excluding hydrogens is 230 g/mol. The zero-order valence-electron chi connectivity index (χ0n) is 11.0. The lowest BCUT2D eigenvalue weighted by Gasteiger charge is -2.13. The number of nitrogens with zero attached hydrogens (tertiary/aromatic N) is 1. The van der Waals surface area contributed by atoms with E-state index >= 15 is 0 Å². The topological polar surface area (TPSA) is 69.3 Å². The van der Waals surface area contributed by atoms with Gasteiger partial charge in [0.2, 0.25) is 5.91 Å². The molecule has 0 bridgehead atoms. The molecule has 5 heteroatoms. The smallest absolute Gasteiger partial charge is 0.249 e. The van der Waals surface area contributed by atoms with Gasteiger partial charge in [-0.25, -0.2) is 0 Å². The van der Waals surface area contributed by atoms with Crippen LogP contribution in [0.4, 0.5) is 0 Å². The van der Waals surface area contributed by atoms with Crippen LogP contribution in [0, 0.1) is 6.92 Å². The Balaban J connectivity index is 1.84. The predicted octanol–water partition coefficient (Wildman–Crippen LogP) is 0.456. The molecule has 0 saturated carbocycles. The lowest BCUT2D eigenvalue weighted by atomic mass is 10.2. The summed E-state index contributed by atoms with van der Waals surface area (Å²) >= 11 is 0. The van der Waals surface area contributed by atoms with E-state index in [2.05, 4.69) is 9.88 Å². The van der Waals surface area contributed by atoms with E-state index in [0.29, 0.717) is 13.1 Å². The third kappa shape index (κ3) is 2.73. The summed E-state index contributed by atoms with van der Waals surface area (Å²) in [5, 5.41) is 2.91. The van der Waals surface area contributed by atoms with Crippen LogP contribution in [-0.4, -0.2) is 29.2 Å². The number of nitrogens with one attached hydrogen (secondary N) is 1. The van der Waals surface area contributed by atoms with E-state index in [9.17, 15) is 4.79 Å². The van der Waals surface area contributed by atoms with Gasteiger partial charge in [0.05, 0.1) is 12.6 Å². The van der Waals surface area contributed by atoms with Crippen LogP contribution < -0.4 is 11.1 Å². The maximum absolute atomic E-state index is 11.9. The van der Waals surface area contributed by atoms with Crippen molar-refractivity contribution in [1.82, 2.24) is 9.88 Å². The van der Waals surface area contributed by atoms with E-state index in [1.165, 1.54) is 5.69 Å². The minimum absolute atomic E-state index is 0.0372. The minimum atomic E-state index is -0.333. The van der Waals surface area contributed by atoms with E-state index in [-0.39, 0.29) is 18.1 Å². The van der Waals surface area contributed by atoms with Gasteiger partial charge >= 0.3 is 0 Å². The Morgan fingerprint density at radius 1 is 1.56 bits per heavy atom. The molecule has 18 heavy (non-hydrogen) atoms. The van der Waals surface area contributed by atoms with E-state index in [4.69, 9.17) is 10.5 Å². The molecule has 1 aliphatic rings. The first-order chi connectivity index (χ1) is 8.61. The normalized spacial score (nSPS) is 23.3. The molecule has 2 heterocycles. The number of aryl methyl sites for hydroxylation is 1. The molecule has 100 valence electrons. The molecule has 1 aromatic rings. The Morgan fingerprint density at radius 2 is 2.33 bits per heavy atom. The second-order valence-electron chi connectivity index (χ2n) is 4.80. The van der Waals surface area contributed by atoms with Crippen LogP contribution in [0.1, 0.15) is 24.2 Å². The maximum Gasteiger partial charge on any atom is 0.249 e. The molecular formula is C13H21N3O2. The third-order valence-corrected chi connectivity index (χ3v) is 3.58. The Bertz CT molecular complexity index is 428. The van der Waals surface area contributed by atoms with Gasteiger partial charge in [0.15, 0.2) is 0 Å². The lowest BCUT2D eigenvalue weighted by Crippen LogP contribution is -2.35. The summed E-state index contributed by atoms with van der Waals surface area (Å²) in [6.45, 7) is 3.06. The maximum atomic E-state index is 11.9. The molecule has 1 amide bonds. The van der Waals surface area contributed by atoms with Crippen LogP contribution >= 0.6 is 0 Å². The van der Waals surface area contributed by atoms with Crippen molar-refractivity contribution >= 4 is 5.91 Å². The molecule has 1 aromatic heterocycles. The largest absolute Gasteiger partial charge is 0.364 e. The summed E-state index contributed by atoms with van der Waals surface area (Å²) in [6.07, 6.45) is 1.34. The van der Waals surface area contributed by atoms with Crippen LogP contribution in [-0.2, 0) is 23.1 Å². The number of hydrogen-bond acceptors (Lipinski definition) is 3. The van der Waals surface area contributed by atoms with Crippen molar-refractivity contribution in [2.45, 2.75) is 38.5 Å². The van der Waals surface area contributed by atoms with E-state index in [1.807, 2.05) is 26.1 Å². The summed E-state index contributed by atoms with van der Waals surface area (Å²) in [5.74, 6) is -0.0372. The Hall–Kier alpha value is -1.33. The van der Waals surface area contributed by atoms with Gasteiger partial charge in [-0.1, -0.05) is 0 Å². The second kappa shape index (κ2) is 5.54. The zero-order chi connectivity index (χ0) is 13.1. The molecule has 1 saturated heterocycles. The molecule has 1 aliphatic heterocycles. The Labute approximate surface area is 107 Å². The number of hydrogen-bond donors (Lipinski definition) is 2. The van der Waals surface area contributed by atoms with Crippen LogP contribution in [0.2, 0.25) is 0 Å². The van der Waals surface area contributed by atoms with Crippen LogP contribution in [0.3, 0.4) is 0 Å². The third-order valence-electron chi connectivity index (χ3n) is 3.58. The molecule has 0 radical (unpaired) electrons. The van der Waals surface area contributed by atoms with Gasteiger partial charge in [-0.3, -0.25) is 4.79 Å². The monoisotopic (exact) mass is 251 g/mol. The fourth-order valence-electron chi connectivity index (χ4n) is 2.21. The van der Waals surface area contributed by atoms with E-state index in [0.717, 1.165) is 18.5 Å². The number of amides is 1. The Kier molecular flexibility index (Phi) is 4.04. The predicted molar refractivity (Wildman–Crippen MR) is 68.9 cm³/mol. The average molecular weight is 251 g/mol. The van der Waals surface area contributed by atoms with Gasteiger partial charge < -0.3 is 20.4 Å². The van der Waals surface area contributed by atoms with Crippen molar-refractivity contribution < 1.29 is 9.53 Å². The Morgan fingerprint density at radius 3 is 2.89 bits per heavy atom. The second-order valence-corrected chi connectivity index (χ2v) is 4.80. The lowest BCUT2D eigenvalue weighted by molar-refractivity contribution is -0.132. The van der Waals surface area contributed by atoms with Crippen LogP contribution in [0.15, 0.2) is 12.1 Å². The highest BCUT2D eigenvalue weighted by Crippen LogP contribution is 2.19. The van der Waals surface area contributed by atoms with Crippen molar-refractivity contribution in [3.63, 3.8) is 0 Å². The SMILES string of the molecule is Cc1ccc(CNC(=O)C2CCC(CN)O2)n1C.